The maximum atomic E-state index is 12.9. The molecule has 0 radical (unpaired) electrons. The van der Waals surface area contributed by atoms with Gasteiger partial charge in [-0.25, -0.2) is 4.39 Å². The van der Waals surface area contributed by atoms with E-state index < -0.39 is 5.97 Å². The summed E-state index contributed by atoms with van der Waals surface area (Å²) >= 11 is 0. The summed E-state index contributed by atoms with van der Waals surface area (Å²) in [6, 6.07) is 12.6. The number of amides is 1. The minimum absolute atomic E-state index is 0.111. The number of hydrogen-bond acceptors (Lipinski definition) is 4. The molecule has 0 aliphatic heterocycles. The van der Waals surface area contributed by atoms with E-state index in [1.165, 1.54) is 24.1 Å². The second-order valence-corrected chi connectivity index (χ2v) is 5.35. The topological polar surface area (TPSA) is 78.9 Å². The lowest BCUT2D eigenvalue weighted by atomic mass is 10.2. The molecule has 2 rings (SSSR count). The Labute approximate surface area is 144 Å². The van der Waals surface area contributed by atoms with E-state index in [2.05, 4.69) is 5.32 Å². The van der Waals surface area contributed by atoms with Crippen molar-refractivity contribution < 1.29 is 23.8 Å². The number of benzene rings is 2. The number of carbonyl (C=O) groups excluding carboxylic acids is 1. The predicted molar refractivity (Wildman–Crippen MR) is 91.1 cm³/mol. The normalized spacial score (nSPS) is 10.2. The average Bonchev–Trinajstić information content (AvgIpc) is 2.60. The van der Waals surface area contributed by atoms with Crippen LogP contribution in [-0.4, -0.2) is 37.2 Å². The molecule has 0 saturated heterocycles. The number of methoxy groups -OCH3 is 1. The van der Waals surface area contributed by atoms with Crippen molar-refractivity contribution in [1.29, 1.82) is 0 Å². The van der Waals surface area contributed by atoms with E-state index in [4.69, 9.17) is 9.84 Å². The van der Waals surface area contributed by atoms with Crippen LogP contribution in [0.25, 0.3) is 0 Å². The number of nitrogens with one attached hydrogen (secondary N) is 1. The Bertz CT molecular complexity index is 717. The van der Waals surface area contributed by atoms with Gasteiger partial charge in [-0.15, -0.1) is 0 Å². The van der Waals surface area contributed by atoms with Gasteiger partial charge in [0.25, 0.3) is 0 Å². The number of halogens is 1. The monoisotopic (exact) mass is 346 g/mol. The van der Waals surface area contributed by atoms with Crippen LogP contribution in [0.5, 0.6) is 5.75 Å². The van der Waals surface area contributed by atoms with Gasteiger partial charge in [0.05, 0.1) is 13.7 Å². The Morgan fingerprint density at radius 3 is 2.28 bits per heavy atom. The number of nitrogens with zero attached hydrogens (tertiary/aromatic N) is 1. The van der Waals surface area contributed by atoms with E-state index in [0.29, 0.717) is 11.4 Å². The number of rotatable bonds is 8. The van der Waals surface area contributed by atoms with Crippen LogP contribution < -0.4 is 15.0 Å². The van der Waals surface area contributed by atoms with Crippen LogP contribution in [0.1, 0.15) is 5.56 Å². The average molecular weight is 346 g/mol. The summed E-state index contributed by atoms with van der Waals surface area (Å²) in [5.74, 6) is -1.08. The zero-order valence-corrected chi connectivity index (χ0v) is 13.7. The highest BCUT2D eigenvalue weighted by molar-refractivity contribution is 5.84. The third-order valence-electron chi connectivity index (χ3n) is 3.50. The van der Waals surface area contributed by atoms with Crippen molar-refractivity contribution >= 4 is 17.6 Å². The number of aliphatic carboxylic acids is 1. The van der Waals surface area contributed by atoms with Crippen LogP contribution in [0.4, 0.5) is 10.1 Å². The molecule has 2 N–H and O–H groups in total. The van der Waals surface area contributed by atoms with Gasteiger partial charge in [0.2, 0.25) is 5.91 Å². The summed E-state index contributed by atoms with van der Waals surface area (Å²) < 4.78 is 17.9. The number of anilines is 1. The molecule has 2 aromatic carbocycles. The summed E-state index contributed by atoms with van der Waals surface area (Å²) in [5, 5.41) is 11.8. The lowest BCUT2D eigenvalue weighted by Crippen LogP contribution is -2.39. The second-order valence-electron chi connectivity index (χ2n) is 5.35. The molecule has 6 nitrogen and oxygen atoms in total. The second kappa shape index (κ2) is 8.68. The van der Waals surface area contributed by atoms with Crippen molar-refractivity contribution in [3.63, 3.8) is 0 Å². The molecule has 0 aliphatic carbocycles. The smallest absolute Gasteiger partial charge is 0.323 e. The molecule has 0 aromatic heterocycles. The highest BCUT2D eigenvalue weighted by Crippen LogP contribution is 2.19. The molecule has 7 heteroatoms. The summed E-state index contributed by atoms with van der Waals surface area (Å²) in [7, 11) is 1.53. The molecule has 0 heterocycles. The molecule has 2 aromatic rings. The Hall–Kier alpha value is -3.09. The fraction of sp³-hybridized carbons (Fsp3) is 0.222. The molecule has 0 aliphatic rings. The van der Waals surface area contributed by atoms with Crippen LogP contribution in [-0.2, 0) is 16.1 Å². The molecule has 0 unspecified atom stereocenters. The fourth-order valence-electron chi connectivity index (χ4n) is 2.23. The minimum atomic E-state index is -1.04. The van der Waals surface area contributed by atoms with E-state index in [0.717, 1.165) is 5.56 Å². The van der Waals surface area contributed by atoms with Crippen LogP contribution >= 0.6 is 0 Å². The van der Waals surface area contributed by atoms with E-state index >= 15 is 0 Å². The molecule has 1 amide bonds. The molecule has 0 saturated carbocycles. The van der Waals surface area contributed by atoms with Crippen molar-refractivity contribution in [1.82, 2.24) is 5.32 Å². The first kappa shape index (κ1) is 18.3. The zero-order valence-electron chi connectivity index (χ0n) is 13.7. The van der Waals surface area contributed by atoms with Crippen molar-refractivity contribution in [3.05, 3.63) is 59.9 Å². The zero-order chi connectivity index (χ0) is 18.2. The Balaban J connectivity index is 1.98. The first-order valence-corrected chi connectivity index (χ1v) is 7.60. The summed E-state index contributed by atoms with van der Waals surface area (Å²) in [6.45, 7) is -0.182. The van der Waals surface area contributed by atoms with Gasteiger partial charge in [-0.2, -0.15) is 0 Å². The summed E-state index contributed by atoms with van der Waals surface area (Å²) in [4.78, 5) is 24.6. The first-order chi connectivity index (χ1) is 12.0. The van der Waals surface area contributed by atoms with Gasteiger partial charge in [-0.3, -0.25) is 9.59 Å². The van der Waals surface area contributed by atoms with Crippen LogP contribution in [0.3, 0.4) is 0 Å². The Morgan fingerprint density at radius 1 is 1.08 bits per heavy atom. The van der Waals surface area contributed by atoms with Gasteiger partial charge in [0, 0.05) is 12.2 Å². The molecular formula is C18H19FN2O4. The van der Waals surface area contributed by atoms with Gasteiger partial charge in [0.15, 0.2) is 0 Å². The number of carboxylic acid groups (broad SMARTS) is 1. The Morgan fingerprint density at radius 2 is 1.72 bits per heavy atom. The maximum Gasteiger partial charge on any atom is 0.323 e. The SMILES string of the molecule is COc1ccc(N(CC(=O)O)CC(=O)NCc2ccc(F)cc2)cc1. The summed E-state index contributed by atoms with van der Waals surface area (Å²) in [5.41, 5.74) is 1.35. The molecule has 0 atom stereocenters. The van der Waals surface area contributed by atoms with Crippen molar-refractivity contribution in [3.8, 4) is 5.75 Å². The quantitative estimate of drug-likeness (QED) is 0.765. The highest BCUT2D eigenvalue weighted by atomic mass is 19.1. The standard InChI is InChI=1S/C18H19FN2O4/c1-25-16-8-6-15(7-9-16)21(12-18(23)24)11-17(22)20-10-13-2-4-14(19)5-3-13/h2-9H,10-12H2,1H3,(H,20,22)(H,23,24). The molecular weight excluding hydrogens is 327 g/mol. The largest absolute Gasteiger partial charge is 0.497 e. The van der Waals surface area contributed by atoms with Gasteiger partial charge in [-0.1, -0.05) is 12.1 Å². The van der Waals surface area contributed by atoms with Gasteiger partial charge < -0.3 is 20.1 Å². The van der Waals surface area contributed by atoms with Crippen molar-refractivity contribution in [2.24, 2.45) is 0 Å². The van der Waals surface area contributed by atoms with E-state index in [9.17, 15) is 14.0 Å². The lowest BCUT2D eigenvalue weighted by molar-refractivity contribution is -0.135. The predicted octanol–water partition coefficient (Wildman–Crippen LogP) is 2.04. The molecule has 0 spiro atoms. The van der Waals surface area contributed by atoms with Crippen LogP contribution in [0.2, 0.25) is 0 Å². The molecule has 0 fully saturated rings. The van der Waals surface area contributed by atoms with Gasteiger partial charge in [-0.05, 0) is 42.0 Å². The highest BCUT2D eigenvalue weighted by Gasteiger charge is 2.15. The Kier molecular flexibility index (Phi) is 6.33. The van der Waals surface area contributed by atoms with Crippen molar-refractivity contribution in [2.75, 3.05) is 25.1 Å². The lowest BCUT2D eigenvalue weighted by Gasteiger charge is -2.22. The van der Waals surface area contributed by atoms with E-state index in [1.54, 1.807) is 36.4 Å². The number of carboxylic acids is 1. The summed E-state index contributed by atoms with van der Waals surface area (Å²) in [6.07, 6.45) is 0. The van der Waals surface area contributed by atoms with Crippen molar-refractivity contribution in [2.45, 2.75) is 6.54 Å². The first-order valence-electron chi connectivity index (χ1n) is 7.60. The third kappa shape index (κ3) is 5.80. The molecule has 25 heavy (non-hydrogen) atoms. The number of carbonyl (C=O) groups is 2. The van der Waals surface area contributed by atoms with Crippen LogP contribution in [0.15, 0.2) is 48.5 Å². The van der Waals surface area contributed by atoms with Gasteiger partial charge >= 0.3 is 5.97 Å². The van der Waals surface area contributed by atoms with Gasteiger partial charge in [0.1, 0.15) is 18.1 Å². The van der Waals surface area contributed by atoms with E-state index in [-0.39, 0.29) is 31.4 Å². The fourth-order valence-corrected chi connectivity index (χ4v) is 2.23. The minimum Gasteiger partial charge on any atom is -0.497 e. The van der Waals surface area contributed by atoms with E-state index in [1.807, 2.05) is 0 Å². The third-order valence-corrected chi connectivity index (χ3v) is 3.50. The van der Waals surface area contributed by atoms with Crippen LogP contribution in [0, 0.1) is 5.82 Å². The number of hydrogen-bond donors (Lipinski definition) is 2. The molecule has 0 bridgehead atoms. The molecule has 132 valence electrons. The number of ether oxygens (including phenoxy) is 1. The maximum absolute atomic E-state index is 12.9.